The van der Waals surface area contributed by atoms with Crippen molar-refractivity contribution in [1.29, 1.82) is 0 Å². The lowest BCUT2D eigenvalue weighted by molar-refractivity contribution is 0.0706. The number of nitrogens with one attached hydrogen (secondary N) is 1. The van der Waals surface area contributed by atoms with Crippen molar-refractivity contribution < 1.29 is 10.0 Å². The smallest absolute Gasteiger partial charge is 0.274 e. The Hall–Kier alpha value is -3.44. The van der Waals surface area contributed by atoms with Gasteiger partial charge in [0.25, 0.3) is 5.91 Å². The highest BCUT2D eigenvalue weighted by molar-refractivity contribution is 5.93. The van der Waals surface area contributed by atoms with Gasteiger partial charge in [0.2, 0.25) is 0 Å². The fraction of sp³-hybridized carbons (Fsp3) is 0.0476. The first kappa shape index (κ1) is 16.1. The van der Waals surface area contributed by atoms with Crippen molar-refractivity contribution >= 4 is 16.9 Å². The Morgan fingerprint density at radius 3 is 2.35 bits per heavy atom. The Morgan fingerprint density at radius 1 is 0.923 bits per heavy atom. The summed E-state index contributed by atoms with van der Waals surface area (Å²) in [5.74, 6) is 0.306. The van der Waals surface area contributed by atoms with Crippen molar-refractivity contribution in [1.82, 2.24) is 15.0 Å². The molecule has 26 heavy (non-hydrogen) atoms. The highest BCUT2D eigenvalue weighted by atomic mass is 16.5. The highest BCUT2D eigenvalue weighted by Gasteiger charge is 2.13. The number of hydrogen-bond acceptors (Lipinski definition) is 3. The number of carbonyl (C=O) groups excluding carboxylic acids is 1. The average Bonchev–Trinajstić information content (AvgIpc) is 3.07. The number of para-hydroxylation sites is 2. The molecule has 4 aromatic rings. The number of imidazole rings is 1. The van der Waals surface area contributed by atoms with E-state index >= 15 is 0 Å². The minimum atomic E-state index is -0.533. The number of hydrogen-bond donors (Lipinski definition) is 2. The number of carbonyl (C=O) groups is 1. The molecule has 3 aromatic carbocycles. The summed E-state index contributed by atoms with van der Waals surface area (Å²) in [6, 6.07) is 25.3. The quantitative estimate of drug-likeness (QED) is 0.437. The van der Waals surface area contributed by atoms with Gasteiger partial charge in [0, 0.05) is 17.7 Å². The second kappa shape index (κ2) is 6.82. The van der Waals surface area contributed by atoms with Gasteiger partial charge in [-0.05, 0) is 29.8 Å². The van der Waals surface area contributed by atoms with E-state index in [-0.39, 0.29) is 0 Å². The van der Waals surface area contributed by atoms with Crippen LogP contribution in [0.3, 0.4) is 0 Å². The molecule has 0 aliphatic rings. The van der Waals surface area contributed by atoms with Gasteiger partial charge in [0.1, 0.15) is 5.82 Å². The van der Waals surface area contributed by atoms with Gasteiger partial charge in [-0.25, -0.2) is 10.5 Å². The predicted molar refractivity (Wildman–Crippen MR) is 100.0 cm³/mol. The van der Waals surface area contributed by atoms with Crippen LogP contribution < -0.4 is 5.48 Å². The molecule has 1 amide bonds. The first-order valence-corrected chi connectivity index (χ1v) is 8.30. The standard InChI is InChI=1S/C21H17N3O2/c25-21(23-26)17-12-10-16(11-13-17)20-22-18-8-4-5-9-19(18)24(20)14-15-6-2-1-3-7-15/h1-13,26H,14H2,(H,23,25). The van der Waals surface area contributed by atoms with Crippen LogP contribution in [0.15, 0.2) is 78.9 Å². The van der Waals surface area contributed by atoms with Gasteiger partial charge >= 0.3 is 0 Å². The number of aromatic nitrogens is 2. The second-order valence-electron chi connectivity index (χ2n) is 6.01. The molecular weight excluding hydrogens is 326 g/mol. The van der Waals surface area contributed by atoms with E-state index in [1.165, 1.54) is 5.56 Å². The van der Waals surface area contributed by atoms with Crippen molar-refractivity contribution in [3.05, 3.63) is 90.0 Å². The average molecular weight is 343 g/mol. The van der Waals surface area contributed by atoms with Gasteiger partial charge in [0.15, 0.2) is 0 Å². The fourth-order valence-electron chi connectivity index (χ4n) is 3.06. The van der Waals surface area contributed by atoms with Crippen LogP contribution in [0.1, 0.15) is 15.9 Å². The summed E-state index contributed by atoms with van der Waals surface area (Å²) in [7, 11) is 0. The monoisotopic (exact) mass is 343 g/mol. The molecule has 0 bridgehead atoms. The first-order chi connectivity index (χ1) is 12.8. The minimum Gasteiger partial charge on any atom is -0.319 e. The lowest BCUT2D eigenvalue weighted by Gasteiger charge is -2.10. The molecule has 0 saturated carbocycles. The zero-order valence-corrected chi connectivity index (χ0v) is 14.0. The zero-order valence-electron chi connectivity index (χ0n) is 14.0. The van der Waals surface area contributed by atoms with Crippen molar-refractivity contribution in [3.8, 4) is 11.4 Å². The third-order valence-corrected chi connectivity index (χ3v) is 4.34. The van der Waals surface area contributed by atoms with E-state index in [1.807, 2.05) is 48.5 Å². The number of nitrogens with zero attached hydrogens (tertiary/aromatic N) is 2. The van der Waals surface area contributed by atoms with E-state index in [4.69, 9.17) is 10.2 Å². The molecule has 4 rings (SSSR count). The van der Waals surface area contributed by atoms with Gasteiger partial charge < -0.3 is 4.57 Å². The number of benzene rings is 3. The third-order valence-electron chi connectivity index (χ3n) is 4.34. The summed E-state index contributed by atoms with van der Waals surface area (Å²) >= 11 is 0. The fourth-order valence-corrected chi connectivity index (χ4v) is 3.06. The molecule has 5 heteroatoms. The molecule has 0 radical (unpaired) electrons. The Balaban J connectivity index is 1.81. The number of fused-ring (bicyclic) bond motifs is 1. The number of rotatable bonds is 4. The summed E-state index contributed by atoms with van der Waals surface area (Å²) in [4.78, 5) is 16.3. The Morgan fingerprint density at radius 2 is 1.62 bits per heavy atom. The van der Waals surface area contributed by atoms with Gasteiger partial charge in [0.05, 0.1) is 11.0 Å². The summed E-state index contributed by atoms with van der Waals surface area (Å²) < 4.78 is 2.17. The van der Waals surface area contributed by atoms with Crippen molar-refractivity contribution in [2.45, 2.75) is 6.54 Å². The Kier molecular flexibility index (Phi) is 4.21. The van der Waals surface area contributed by atoms with E-state index in [0.717, 1.165) is 22.4 Å². The molecule has 1 heterocycles. The predicted octanol–water partition coefficient (Wildman–Crippen LogP) is 3.87. The van der Waals surface area contributed by atoms with Crippen molar-refractivity contribution in [2.75, 3.05) is 0 Å². The molecule has 128 valence electrons. The summed E-state index contributed by atoms with van der Waals surface area (Å²) in [6.45, 7) is 0.704. The number of amides is 1. The summed E-state index contributed by atoms with van der Waals surface area (Å²) in [5.41, 5.74) is 6.12. The zero-order chi connectivity index (χ0) is 17.9. The van der Waals surface area contributed by atoms with Crippen LogP contribution in [0.2, 0.25) is 0 Å². The topological polar surface area (TPSA) is 67.2 Å². The highest BCUT2D eigenvalue weighted by Crippen LogP contribution is 2.26. The molecule has 5 nitrogen and oxygen atoms in total. The van der Waals surface area contributed by atoms with E-state index in [0.29, 0.717) is 12.1 Å². The van der Waals surface area contributed by atoms with E-state index in [2.05, 4.69) is 22.8 Å². The van der Waals surface area contributed by atoms with Crippen molar-refractivity contribution in [3.63, 3.8) is 0 Å². The maximum atomic E-state index is 11.5. The number of hydroxylamine groups is 1. The Labute approximate surface area is 150 Å². The molecule has 2 N–H and O–H groups in total. The summed E-state index contributed by atoms with van der Waals surface area (Å²) in [6.07, 6.45) is 0. The van der Waals surface area contributed by atoms with E-state index in [9.17, 15) is 4.79 Å². The summed E-state index contributed by atoms with van der Waals surface area (Å²) in [5, 5.41) is 8.76. The van der Waals surface area contributed by atoms with Crippen LogP contribution in [0, 0.1) is 0 Å². The SMILES string of the molecule is O=C(NO)c1ccc(-c2nc3ccccc3n2Cc2ccccc2)cc1. The molecule has 0 fully saturated rings. The van der Waals surface area contributed by atoms with Gasteiger partial charge in [-0.15, -0.1) is 0 Å². The van der Waals surface area contributed by atoms with Crippen LogP contribution >= 0.6 is 0 Å². The van der Waals surface area contributed by atoms with Crippen molar-refractivity contribution in [2.24, 2.45) is 0 Å². The molecule has 0 spiro atoms. The van der Waals surface area contributed by atoms with Gasteiger partial charge in [-0.3, -0.25) is 10.0 Å². The largest absolute Gasteiger partial charge is 0.319 e. The van der Waals surface area contributed by atoms with Crippen LogP contribution in [-0.4, -0.2) is 20.7 Å². The van der Waals surface area contributed by atoms with Crippen LogP contribution in [0.4, 0.5) is 0 Å². The second-order valence-corrected chi connectivity index (χ2v) is 6.01. The minimum absolute atomic E-state index is 0.391. The molecular formula is C21H17N3O2. The lowest BCUT2D eigenvalue weighted by atomic mass is 10.1. The maximum absolute atomic E-state index is 11.5. The van der Waals surface area contributed by atoms with Crippen LogP contribution in [-0.2, 0) is 6.54 Å². The maximum Gasteiger partial charge on any atom is 0.274 e. The van der Waals surface area contributed by atoms with E-state index in [1.54, 1.807) is 17.6 Å². The van der Waals surface area contributed by atoms with Crippen LogP contribution in [0.5, 0.6) is 0 Å². The molecule has 0 unspecified atom stereocenters. The van der Waals surface area contributed by atoms with E-state index < -0.39 is 5.91 Å². The lowest BCUT2D eigenvalue weighted by Crippen LogP contribution is -2.18. The van der Waals surface area contributed by atoms with Gasteiger partial charge in [-0.2, -0.15) is 0 Å². The van der Waals surface area contributed by atoms with Crippen LogP contribution in [0.25, 0.3) is 22.4 Å². The normalized spacial score (nSPS) is 10.8. The molecule has 0 atom stereocenters. The first-order valence-electron chi connectivity index (χ1n) is 8.30. The van der Waals surface area contributed by atoms with Gasteiger partial charge in [-0.1, -0.05) is 54.6 Å². The third kappa shape index (κ3) is 2.96. The molecule has 1 aromatic heterocycles. The molecule has 0 aliphatic heterocycles. The molecule has 0 saturated heterocycles. The Bertz CT molecular complexity index is 1050. The molecule has 0 aliphatic carbocycles.